The molecule has 1 aromatic carbocycles. The first-order valence-corrected chi connectivity index (χ1v) is 26.1. The number of carbonyl (C=O) groups is 6. The van der Waals surface area contributed by atoms with Crippen molar-refractivity contribution in [1.29, 1.82) is 0 Å². The molecule has 75 heavy (non-hydrogen) atoms. The summed E-state index contributed by atoms with van der Waals surface area (Å²) in [4.78, 5) is 97.0. The molecule has 2 rings (SSSR count). The Morgan fingerprint density at radius 1 is 0.560 bits per heavy atom. The third-order valence-corrected chi connectivity index (χ3v) is 9.42. The lowest BCUT2D eigenvalue weighted by Crippen LogP contribution is -2.53. The van der Waals surface area contributed by atoms with Crippen molar-refractivity contribution in [2.75, 3.05) is 39.3 Å². The lowest BCUT2D eigenvalue weighted by atomic mass is 10.1. The van der Waals surface area contributed by atoms with Crippen LogP contribution in [0, 0.1) is 0 Å². The smallest absolute Gasteiger partial charge is 0.437 e. The SMILES string of the molecule is CC(C)(C)OC(=O)N=C(N(CCCCCCCCCN=C(NC(=O)OC(C)(C)C)NC(=O)OC(C)(C)C)C(=O)OC(C)(C)C)N(CCCOc1ccc(C2=NCCCN2C(=O)OC(C)(C)C)cc1)C(=O)OC(C)(C)C. The Morgan fingerprint density at radius 2 is 1.00 bits per heavy atom. The molecule has 0 saturated heterocycles. The lowest BCUT2D eigenvalue weighted by Gasteiger charge is -2.34. The van der Waals surface area contributed by atoms with Crippen LogP contribution in [0.15, 0.2) is 39.2 Å². The van der Waals surface area contributed by atoms with E-state index in [9.17, 15) is 28.8 Å². The Balaban J connectivity index is 2.28. The van der Waals surface area contributed by atoms with Crippen LogP contribution in [0.25, 0.3) is 0 Å². The maximum absolute atomic E-state index is 14.2. The largest absolute Gasteiger partial charge is 0.494 e. The molecule has 0 atom stereocenters. The number of nitrogens with one attached hydrogen (secondary N) is 2. The Bertz CT molecular complexity index is 2100. The lowest BCUT2D eigenvalue weighted by molar-refractivity contribution is 0.0265. The second-order valence-electron chi connectivity index (χ2n) is 24.0. The minimum absolute atomic E-state index is 0.0299. The number of rotatable bonds is 16. The second kappa shape index (κ2) is 28.7. The number of unbranched alkanes of at least 4 members (excludes halogenated alkanes) is 6. The summed E-state index contributed by atoms with van der Waals surface area (Å²) in [7, 11) is 0. The van der Waals surface area contributed by atoms with Crippen LogP contribution in [0.1, 0.15) is 188 Å². The standard InChI is InChI=1S/C54H90N8O13/c1-49(2,3)70-43(63)57-41(58-44(64)71-50(4,5)6)56-32-24-22-20-19-21-23-25-34-61(47(67)74-53(13,14)15)42(59-45(65)72-51(7,8)9)62(48(68)75-54(16,17)18)36-27-37-69-39-30-28-38(29-31-39)40-55-33-26-35-60(40)46(66)73-52(10,11)12/h28-31H,19-27,32-37H2,1-18H3,(H2,56,57,58,63,64). The van der Waals surface area contributed by atoms with Crippen molar-refractivity contribution in [2.24, 2.45) is 15.0 Å². The van der Waals surface area contributed by atoms with Gasteiger partial charge in [-0.1, -0.05) is 32.1 Å². The molecule has 0 aliphatic carbocycles. The van der Waals surface area contributed by atoms with E-state index in [0.29, 0.717) is 62.5 Å². The topological polar surface area (TPSA) is 238 Å². The van der Waals surface area contributed by atoms with E-state index in [1.807, 2.05) is 32.9 Å². The number of ether oxygens (including phenoxy) is 7. The molecule has 1 aliphatic rings. The molecule has 1 aliphatic heterocycles. The van der Waals surface area contributed by atoms with Crippen LogP contribution in [0.3, 0.4) is 0 Å². The van der Waals surface area contributed by atoms with Crippen LogP contribution in [0.5, 0.6) is 5.75 Å². The van der Waals surface area contributed by atoms with Crippen molar-refractivity contribution in [2.45, 2.75) is 216 Å². The van der Waals surface area contributed by atoms with Crippen molar-refractivity contribution in [3.8, 4) is 5.75 Å². The second-order valence-corrected chi connectivity index (χ2v) is 24.0. The molecule has 2 N–H and O–H groups in total. The first-order chi connectivity index (χ1) is 34.4. The summed E-state index contributed by atoms with van der Waals surface area (Å²) in [5, 5.41) is 4.98. The summed E-state index contributed by atoms with van der Waals surface area (Å²) in [6, 6.07) is 7.14. The molecule has 0 fully saturated rings. The molecule has 21 heteroatoms. The van der Waals surface area contributed by atoms with E-state index in [-0.39, 0.29) is 38.0 Å². The van der Waals surface area contributed by atoms with Crippen molar-refractivity contribution >= 4 is 54.3 Å². The summed E-state index contributed by atoms with van der Waals surface area (Å²) in [5.74, 6) is 0.633. The number of benzene rings is 1. The van der Waals surface area contributed by atoms with Crippen LogP contribution in [-0.4, -0.2) is 142 Å². The average molecular weight is 1060 g/mol. The first kappa shape index (κ1) is 65.0. The maximum Gasteiger partial charge on any atom is 0.437 e. The van der Waals surface area contributed by atoms with Gasteiger partial charge in [-0.3, -0.25) is 25.5 Å². The van der Waals surface area contributed by atoms with Gasteiger partial charge in [-0.05, 0) is 175 Å². The van der Waals surface area contributed by atoms with Gasteiger partial charge in [-0.15, -0.1) is 4.99 Å². The monoisotopic (exact) mass is 1060 g/mol. The summed E-state index contributed by atoms with van der Waals surface area (Å²) in [5.41, 5.74) is -4.35. The molecule has 0 spiro atoms. The average Bonchev–Trinajstić information content (AvgIpc) is 3.21. The molecule has 6 amide bonds. The molecule has 1 aromatic rings. The van der Waals surface area contributed by atoms with Gasteiger partial charge in [0.25, 0.3) is 0 Å². The first-order valence-electron chi connectivity index (χ1n) is 26.1. The van der Waals surface area contributed by atoms with E-state index in [0.717, 1.165) is 30.6 Å². The Labute approximate surface area is 446 Å². The number of hydrogen-bond acceptors (Lipinski definition) is 15. The summed E-state index contributed by atoms with van der Waals surface area (Å²) in [6.07, 6.45) is 1.29. The molecule has 0 saturated carbocycles. The van der Waals surface area contributed by atoms with Gasteiger partial charge in [0.15, 0.2) is 0 Å². The predicted octanol–water partition coefficient (Wildman–Crippen LogP) is 11.7. The van der Waals surface area contributed by atoms with E-state index in [1.54, 1.807) is 116 Å². The predicted molar refractivity (Wildman–Crippen MR) is 288 cm³/mol. The van der Waals surface area contributed by atoms with Crippen LogP contribution in [0.2, 0.25) is 0 Å². The molecule has 1 heterocycles. The Hall–Kier alpha value is -6.15. The van der Waals surface area contributed by atoms with Gasteiger partial charge in [0.1, 0.15) is 45.2 Å². The molecule has 0 radical (unpaired) electrons. The number of amides is 6. The zero-order chi connectivity index (χ0) is 57.0. The minimum Gasteiger partial charge on any atom is -0.494 e. The van der Waals surface area contributed by atoms with Crippen LogP contribution in [-0.2, 0) is 28.4 Å². The molecule has 0 bridgehead atoms. The molecule has 21 nitrogen and oxygen atoms in total. The zero-order valence-electron chi connectivity index (χ0n) is 48.4. The van der Waals surface area contributed by atoms with Crippen LogP contribution in [0.4, 0.5) is 28.8 Å². The van der Waals surface area contributed by atoms with Crippen molar-refractivity contribution in [3.05, 3.63) is 29.8 Å². The third kappa shape index (κ3) is 28.9. The van der Waals surface area contributed by atoms with Gasteiger partial charge < -0.3 is 33.2 Å². The maximum atomic E-state index is 14.2. The van der Waals surface area contributed by atoms with E-state index >= 15 is 0 Å². The molecule has 0 aromatic heterocycles. The Morgan fingerprint density at radius 3 is 1.47 bits per heavy atom. The Kier molecular flexibility index (Phi) is 24.8. The van der Waals surface area contributed by atoms with Crippen molar-refractivity contribution < 1.29 is 61.9 Å². The highest BCUT2D eigenvalue weighted by molar-refractivity contribution is 6.07. The number of nitrogens with zero attached hydrogens (tertiary/aromatic N) is 6. The van der Waals surface area contributed by atoms with Crippen LogP contribution >= 0.6 is 0 Å². The summed E-state index contributed by atoms with van der Waals surface area (Å²) >= 11 is 0. The van der Waals surface area contributed by atoms with E-state index in [4.69, 9.17) is 33.2 Å². The van der Waals surface area contributed by atoms with Gasteiger partial charge in [0, 0.05) is 38.3 Å². The summed E-state index contributed by atoms with van der Waals surface area (Å²) < 4.78 is 39.7. The van der Waals surface area contributed by atoms with E-state index in [2.05, 4.69) is 25.6 Å². The van der Waals surface area contributed by atoms with E-state index in [1.165, 1.54) is 9.80 Å². The van der Waals surface area contributed by atoms with E-state index < -0.39 is 70.2 Å². The van der Waals surface area contributed by atoms with Gasteiger partial charge in [-0.2, -0.15) is 0 Å². The fraction of sp³-hybridized carbons (Fsp3) is 0.722. The van der Waals surface area contributed by atoms with Gasteiger partial charge >= 0.3 is 36.6 Å². The number of hydrogen-bond donors (Lipinski definition) is 2. The third-order valence-electron chi connectivity index (χ3n) is 9.42. The number of carbonyl (C=O) groups excluding carboxylic acids is 6. The molecular formula is C54H90N8O13. The number of aliphatic imine (C=N–C) groups is 3. The van der Waals surface area contributed by atoms with Gasteiger partial charge in [-0.25, -0.2) is 38.6 Å². The van der Waals surface area contributed by atoms with Gasteiger partial charge in [0.2, 0.25) is 11.9 Å². The number of alkyl carbamates (subject to hydrolysis) is 2. The minimum atomic E-state index is -1.03. The molecule has 0 unspecified atom stereocenters. The quantitative estimate of drug-likeness (QED) is 0.0679. The molecular weight excluding hydrogens is 969 g/mol. The highest BCUT2D eigenvalue weighted by Gasteiger charge is 2.36. The van der Waals surface area contributed by atoms with Crippen molar-refractivity contribution in [1.82, 2.24) is 25.3 Å². The molecule has 424 valence electrons. The van der Waals surface area contributed by atoms with Crippen molar-refractivity contribution in [3.63, 3.8) is 0 Å². The van der Waals surface area contributed by atoms with Gasteiger partial charge in [0.05, 0.1) is 6.61 Å². The number of amidine groups is 1. The normalized spacial score (nSPS) is 13.6. The summed E-state index contributed by atoms with van der Waals surface area (Å²) in [6.45, 7) is 32.5. The number of guanidine groups is 2. The zero-order valence-corrected chi connectivity index (χ0v) is 48.4. The van der Waals surface area contributed by atoms with Crippen LogP contribution < -0.4 is 15.4 Å². The highest BCUT2D eigenvalue weighted by Crippen LogP contribution is 2.22. The fourth-order valence-electron chi connectivity index (χ4n) is 6.64. The highest BCUT2D eigenvalue weighted by atomic mass is 16.6. The fourth-order valence-corrected chi connectivity index (χ4v) is 6.64.